The minimum absolute atomic E-state index is 0.112. The van der Waals surface area contributed by atoms with Gasteiger partial charge in [-0.15, -0.1) is 5.11 Å². The number of phenols is 1. The van der Waals surface area contributed by atoms with Crippen LogP contribution in [0.3, 0.4) is 0 Å². The Morgan fingerprint density at radius 3 is 2.48 bits per heavy atom. The summed E-state index contributed by atoms with van der Waals surface area (Å²) in [5.41, 5.74) is 1.59. The zero-order valence-electron chi connectivity index (χ0n) is 10.9. The number of benzene rings is 2. The highest BCUT2D eigenvalue weighted by atomic mass is 16.3. The van der Waals surface area contributed by atoms with Gasteiger partial charge in [-0.1, -0.05) is 30.3 Å². The maximum atomic E-state index is 11.8. The van der Waals surface area contributed by atoms with Gasteiger partial charge in [0.05, 0.1) is 11.4 Å². The largest absolute Gasteiger partial charge is 0.508 e. The second-order valence-corrected chi connectivity index (χ2v) is 4.39. The fraction of sp³-hybridized carbons (Fsp3) is 0. The molecule has 0 saturated carbocycles. The summed E-state index contributed by atoms with van der Waals surface area (Å²) in [6, 6.07) is 15.7. The molecule has 0 saturated heterocycles. The van der Waals surface area contributed by atoms with E-state index in [4.69, 9.17) is 0 Å². The van der Waals surface area contributed by atoms with E-state index in [1.807, 2.05) is 18.2 Å². The normalized spacial score (nSPS) is 11.0. The molecular weight excluding hydrogens is 268 g/mol. The number of azo groups is 1. The van der Waals surface area contributed by atoms with E-state index in [2.05, 4.69) is 20.4 Å². The minimum Gasteiger partial charge on any atom is -0.508 e. The molecule has 1 heterocycles. The van der Waals surface area contributed by atoms with Gasteiger partial charge >= 0.3 is 0 Å². The van der Waals surface area contributed by atoms with Crippen LogP contribution >= 0.6 is 0 Å². The molecule has 1 aromatic heterocycles. The van der Waals surface area contributed by atoms with Gasteiger partial charge < -0.3 is 5.11 Å². The number of aromatic nitrogens is 2. The fourth-order valence-corrected chi connectivity index (χ4v) is 1.92. The molecule has 3 rings (SSSR count). The van der Waals surface area contributed by atoms with Gasteiger partial charge in [0, 0.05) is 5.56 Å². The number of aromatic hydroxyl groups is 1. The average molecular weight is 280 g/mol. The summed E-state index contributed by atoms with van der Waals surface area (Å²) in [6.45, 7) is 0. The molecule has 0 fully saturated rings. The molecule has 104 valence electrons. The van der Waals surface area contributed by atoms with E-state index in [0.29, 0.717) is 16.9 Å². The van der Waals surface area contributed by atoms with Crippen LogP contribution in [0.4, 0.5) is 11.4 Å². The fourth-order valence-electron chi connectivity index (χ4n) is 1.92. The number of nitrogens with zero attached hydrogens (tertiary/aromatic N) is 2. The van der Waals surface area contributed by atoms with Crippen LogP contribution in [0, 0.1) is 0 Å². The lowest BCUT2D eigenvalue weighted by atomic mass is 10.1. The van der Waals surface area contributed by atoms with Gasteiger partial charge in [0.2, 0.25) is 0 Å². The number of nitrogens with one attached hydrogen (secondary N) is 2. The lowest BCUT2D eigenvalue weighted by Crippen LogP contribution is -1.96. The van der Waals surface area contributed by atoms with Gasteiger partial charge in [-0.25, -0.2) is 0 Å². The molecule has 0 bridgehead atoms. The zero-order valence-corrected chi connectivity index (χ0v) is 10.9. The van der Waals surface area contributed by atoms with Gasteiger partial charge in [0.25, 0.3) is 5.56 Å². The second kappa shape index (κ2) is 5.46. The number of hydrogen-bond acceptors (Lipinski definition) is 4. The summed E-state index contributed by atoms with van der Waals surface area (Å²) in [7, 11) is 0. The molecule has 6 nitrogen and oxygen atoms in total. The molecule has 6 heteroatoms. The predicted molar refractivity (Wildman–Crippen MR) is 79.1 cm³/mol. The Kier molecular flexibility index (Phi) is 3.34. The summed E-state index contributed by atoms with van der Waals surface area (Å²) in [5, 5.41) is 22.8. The van der Waals surface area contributed by atoms with Crippen molar-refractivity contribution < 1.29 is 5.11 Å². The molecule has 3 N–H and O–H groups in total. The van der Waals surface area contributed by atoms with Crippen molar-refractivity contribution in [3.05, 3.63) is 65.0 Å². The SMILES string of the molecule is O=c1[nH][nH]c(-c2cccc(O)c2)c1N=Nc1ccccc1. The van der Waals surface area contributed by atoms with Crippen LogP contribution in [-0.2, 0) is 0 Å². The first-order valence-electron chi connectivity index (χ1n) is 6.31. The van der Waals surface area contributed by atoms with Gasteiger partial charge in [0.15, 0.2) is 5.69 Å². The molecule has 0 amide bonds. The van der Waals surface area contributed by atoms with Gasteiger partial charge in [0.1, 0.15) is 5.75 Å². The van der Waals surface area contributed by atoms with E-state index in [9.17, 15) is 9.90 Å². The summed E-state index contributed by atoms with van der Waals surface area (Å²) < 4.78 is 0. The van der Waals surface area contributed by atoms with Gasteiger partial charge in [-0.2, -0.15) is 5.11 Å². The van der Waals surface area contributed by atoms with E-state index in [1.165, 1.54) is 0 Å². The molecule has 0 aliphatic carbocycles. The number of H-pyrrole nitrogens is 2. The highest BCUT2D eigenvalue weighted by Gasteiger charge is 2.11. The molecule has 0 spiro atoms. The zero-order chi connectivity index (χ0) is 14.7. The van der Waals surface area contributed by atoms with E-state index >= 15 is 0 Å². The first kappa shape index (κ1) is 12.9. The van der Waals surface area contributed by atoms with Crippen molar-refractivity contribution in [1.29, 1.82) is 0 Å². The van der Waals surface area contributed by atoms with Gasteiger partial charge in [-0.3, -0.25) is 15.0 Å². The molecule has 0 radical (unpaired) electrons. The number of aromatic amines is 2. The third kappa shape index (κ3) is 2.74. The summed E-state index contributed by atoms with van der Waals surface area (Å²) in [5.74, 6) is 0.112. The van der Waals surface area contributed by atoms with Gasteiger partial charge in [-0.05, 0) is 24.3 Å². The van der Waals surface area contributed by atoms with Crippen LogP contribution < -0.4 is 5.56 Å². The van der Waals surface area contributed by atoms with E-state index in [0.717, 1.165) is 0 Å². The maximum absolute atomic E-state index is 11.8. The highest BCUT2D eigenvalue weighted by molar-refractivity contribution is 5.72. The van der Waals surface area contributed by atoms with Crippen molar-refractivity contribution in [1.82, 2.24) is 10.2 Å². The van der Waals surface area contributed by atoms with Crippen molar-refractivity contribution in [3.8, 4) is 17.0 Å². The lowest BCUT2D eigenvalue weighted by molar-refractivity contribution is 0.475. The topological polar surface area (TPSA) is 93.6 Å². The molecule has 0 atom stereocenters. The molecule has 0 aliphatic rings. The lowest BCUT2D eigenvalue weighted by Gasteiger charge is -1.99. The maximum Gasteiger partial charge on any atom is 0.292 e. The van der Waals surface area contributed by atoms with Crippen molar-refractivity contribution in [2.24, 2.45) is 10.2 Å². The Hall–Kier alpha value is -3.15. The van der Waals surface area contributed by atoms with E-state index < -0.39 is 0 Å². The number of hydrogen-bond donors (Lipinski definition) is 3. The molecular formula is C15H12N4O2. The third-order valence-corrected chi connectivity index (χ3v) is 2.91. The van der Waals surface area contributed by atoms with Crippen molar-refractivity contribution in [2.75, 3.05) is 0 Å². The molecule has 0 aliphatic heterocycles. The Morgan fingerprint density at radius 1 is 0.905 bits per heavy atom. The number of rotatable bonds is 3. The molecule has 0 unspecified atom stereocenters. The van der Waals surface area contributed by atoms with Crippen molar-refractivity contribution in [3.63, 3.8) is 0 Å². The van der Waals surface area contributed by atoms with Crippen LogP contribution in [0.15, 0.2) is 69.6 Å². The Balaban J connectivity index is 2.02. The molecule has 2 aromatic carbocycles. The Morgan fingerprint density at radius 2 is 1.71 bits per heavy atom. The molecule has 3 aromatic rings. The number of phenolic OH excluding ortho intramolecular Hbond substituents is 1. The first-order chi connectivity index (χ1) is 10.2. The van der Waals surface area contributed by atoms with Crippen LogP contribution in [-0.4, -0.2) is 15.3 Å². The van der Waals surface area contributed by atoms with Crippen LogP contribution in [0.25, 0.3) is 11.3 Å². The highest BCUT2D eigenvalue weighted by Crippen LogP contribution is 2.28. The third-order valence-electron chi connectivity index (χ3n) is 2.91. The van der Waals surface area contributed by atoms with Crippen LogP contribution in [0.5, 0.6) is 5.75 Å². The first-order valence-corrected chi connectivity index (χ1v) is 6.31. The van der Waals surface area contributed by atoms with Crippen LogP contribution in [0.1, 0.15) is 0 Å². The summed E-state index contributed by atoms with van der Waals surface area (Å²) >= 11 is 0. The summed E-state index contributed by atoms with van der Waals surface area (Å²) in [6.07, 6.45) is 0. The van der Waals surface area contributed by atoms with Crippen molar-refractivity contribution >= 4 is 11.4 Å². The Labute approximate surface area is 119 Å². The molecule has 21 heavy (non-hydrogen) atoms. The second-order valence-electron chi connectivity index (χ2n) is 4.39. The summed E-state index contributed by atoms with van der Waals surface area (Å²) in [4.78, 5) is 11.8. The van der Waals surface area contributed by atoms with Crippen LogP contribution in [0.2, 0.25) is 0 Å². The minimum atomic E-state index is -0.368. The Bertz CT molecular complexity index is 834. The monoisotopic (exact) mass is 280 g/mol. The van der Waals surface area contributed by atoms with E-state index in [-0.39, 0.29) is 17.0 Å². The van der Waals surface area contributed by atoms with E-state index in [1.54, 1.807) is 36.4 Å². The standard InChI is InChI=1S/C15H12N4O2/c20-12-8-4-5-10(9-12)13-14(15(21)19-17-13)18-16-11-6-2-1-3-7-11/h1-9,20H,(H2,17,19,21). The predicted octanol–water partition coefficient (Wildman–Crippen LogP) is 3.49. The quantitative estimate of drug-likeness (QED) is 0.640. The van der Waals surface area contributed by atoms with Crippen molar-refractivity contribution in [2.45, 2.75) is 0 Å². The average Bonchev–Trinajstić information content (AvgIpc) is 2.87. The smallest absolute Gasteiger partial charge is 0.292 e.